The second kappa shape index (κ2) is 7.53. The van der Waals surface area contributed by atoms with Crippen molar-refractivity contribution < 1.29 is 0 Å². The molecule has 1 atom stereocenters. The van der Waals surface area contributed by atoms with Gasteiger partial charge in [0, 0.05) is 0 Å². The molecule has 0 saturated heterocycles. The Hall–Kier alpha value is -0.0400. The molecule has 2 saturated carbocycles. The van der Waals surface area contributed by atoms with E-state index in [1.54, 1.807) is 0 Å². The minimum atomic E-state index is 0.792. The maximum Gasteiger partial charge on any atom is -0.00177 e. The van der Waals surface area contributed by atoms with Crippen molar-refractivity contribution in [3.63, 3.8) is 0 Å². The Balaban J connectivity index is 1.77. The van der Waals surface area contributed by atoms with Crippen LogP contribution in [0.1, 0.15) is 71.6 Å². The van der Waals surface area contributed by atoms with Gasteiger partial charge in [-0.1, -0.05) is 65.2 Å². The van der Waals surface area contributed by atoms with Gasteiger partial charge < -0.3 is 5.32 Å². The molecule has 2 aliphatic carbocycles. The van der Waals surface area contributed by atoms with Gasteiger partial charge in [0.15, 0.2) is 0 Å². The van der Waals surface area contributed by atoms with Gasteiger partial charge in [-0.3, -0.25) is 0 Å². The van der Waals surface area contributed by atoms with Crippen LogP contribution in [0.15, 0.2) is 0 Å². The molecule has 2 aliphatic rings. The standard InChI is InChI=1S/C17H33N/c1-14(2)12-18-13-17(16-9-5-6-10-16)11-15-7-3-4-8-15/h14-18H,3-13H2,1-2H3. The minimum Gasteiger partial charge on any atom is -0.316 e. The fourth-order valence-electron chi connectivity index (χ4n) is 4.10. The molecule has 0 amide bonds. The van der Waals surface area contributed by atoms with Crippen molar-refractivity contribution in [2.24, 2.45) is 23.7 Å². The van der Waals surface area contributed by atoms with Crippen LogP contribution < -0.4 is 5.32 Å². The van der Waals surface area contributed by atoms with Gasteiger partial charge in [0.25, 0.3) is 0 Å². The quantitative estimate of drug-likeness (QED) is 0.696. The summed E-state index contributed by atoms with van der Waals surface area (Å²) >= 11 is 0. The van der Waals surface area contributed by atoms with Crippen molar-refractivity contribution in [1.29, 1.82) is 0 Å². The molecule has 2 rings (SSSR count). The summed E-state index contributed by atoms with van der Waals surface area (Å²) in [6.45, 7) is 7.12. The highest BCUT2D eigenvalue weighted by Crippen LogP contribution is 2.38. The topological polar surface area (TPSA) is 12.0 Å². The van der Waals surface area contributed by atoms with E-state index in [1.165, 1.54) is 70.9 Å². The van der Waals surface area contributed by atoms with Crippen molar-refractivity contribution in [3.05, 3.63) is 0 Å². The van der Waals surface area contributed by atoms with Gasteiger partial charge in [0.1, 0.15) is 0 Å². The van der Waals surface area contributed by atoms with E-state index < -0.39 is 0 Å². The molecule has 1 heteroatoms. The molecule has 18 heavy (non-hydrogen) atoms. The lowest BCUT2D eigenvalue weighted by Crippen LogP contribution is -2.31. The molecule has 0 bridgehead atoms. The Bertz CT molecular complexity index is 212. The molecule has 0 spiro atoms. The van der Waals surface area contributed by atoms with Crippen LogP contribution in [0.25, 0.3) is 0 Å². The molecule has 1 nitrogen and oxygen atoms in total. The Kier molecular flexibility index (Phi) is 6.01. The summed E-state index contributed by atoms with van der Waals surface area (Å²) in [5.74, 6) is 3.89. The van der Waals surface area contributed by atoms with Crippen LogP contribution in [0.5, 0.6) is 0 Å². The highest BCUT2D eigenvalue weighted by Gasteiger charge is 2.28. The highest BCUT2D eigenvalue weighted by molar-refractivity contribution is 4.81. The second-order valence-corrected chi connectivity index (χ2v) is 7.24. The van der Waals surface area contributed by atoms with Crippen molar-refractivity contribution in [2.45, 2.75) is 71.6 Å². The van der Waals surface area contributed by atoms with E-state index in [2.05, 4.69) is 19.2 Å². The number of hydrogen-bond acceptors (Lipinski definition) is 1. The first-order valence-corrected chi connectivity index (χ1v) is 8.46. The zero-order valence-corrected chi connectivity index (χ0v) is 12.6. The van der Waals surface area contributed by atoms with Gasteiger partial charge in [-0.15, -0.1) is 0 Å². The molecule has 2 fully saturated rings. The molecule has 0 aromatic rings. The zero-order chi connectivity index (χ0) is 12.8. The Labute approximate surface area is 114 Å². The maximum atomic E-state index is 3.74. The van der Waals surface area contributed by atoms with Crippen molar-refractivity contribution in [3.8, 4) is 0 Å². The maximum absolute atomic E-state index is 3.74. The fraction of sp³-hybridized carbons (Fsp3) is 1.00. The third-order valence-electron chi connectivity index (χ3n) is 5.14. The van der Waals surface area contributed by atoms with E-state index in [0.717, 1.165) is 23.7 Å². The van der Waals surface area contributed by atoms with E-state index >= 15 is 0 Å². The number of hydrogen-bond donors (Lipinski definition) is 1. The van der Waals surface area contributed by atoms with Crippen molar-refractivity contribution in [1.82, 2.24) is 5.32 Å². The second-order valence-electron chi connectivity index (χ2n) is 7.24. The van der Waals surface area contributed by atoms with Crippen LogP contribution in [0.4, 0.5) is 0 Å². The third-order valence-corrected chi connectivity index (χ3v) is 5.14. The van der Waals surface area contributed by atoms with Gasteiger partial charge in [-0.05, 0) is 43.2 Å². The smallest absolute Gasteiger partial charge is 0.00177 e. The van der Waals surface area contributed by atoms with E-state index in [0.29, 0.717) is 0 Å². The molecule has 106 valence electrons. The summed E-state index contributed by atoms with van der Waals surface area (Å²) in [5, 5.41) is 3.74. The molecule has 0 aromatic carbocycles. The monoisotopic (exact) mass is 251 g/mol. The lowest BCUT2D eigenvalue weighted by atomic mass is 9.82. The molecular formula is C17H33N. The van der Waals surface area contributed by atoms with E-state index in [1.807, 2.05) is 0 Å². The predicted octanol–water partition coefficient (Wildman–Crippen LogP) is 4.62. The SMILES string of the molecule is CC(C)CNCC(CC1CCCC1)C1CCCC1. The average molecular weight is 251 g/mol. The zero-order valence-electron chi connectivity index (χ0n) is 12.6. The molecule has 1 N–H and O–H groups in total. The van der Waals surface area contributed by atoms with Gasteiger partial charge in [0.05, 0.1) is 0 Å². The summed E-state index contributed by atoms with van der Waals surface area (Å²) in [4.78, 5) is 0. The van der Waals surface area contributed by atoms with Crippen LogP contribution >= 0.6 is 0 Å². The Morgan fingerprint density at radius 3 is 2.11 bits per heavy atom. The largest absolute Gasteiger partial charge is 0.316 e. The fourth-order valence-corrected chi connectivity index (χ4v) is 4.10. The molecule has 1 unspecified atom stereocenters. The number of rotatable bonds is 7. The van der Waals surface area contributed by atoms with Crippen LogP contribution in [0, 0.1) is 23.7 Å². The summed E-state index contributed by atoms with van der Waals surface area (Å²) in [6, 6.07) is 0. The first-order valence-electron chi connectivity index (χ1n) is 8.46. The van der Waals surface area contributed by atoms with Gasteiger partial charge in [-0.25, -0.2) is 0 Å². The first kappa shape index (κ1) is 14.4. The predicted molar refractivity (Wildman–Crippen MR) is 79.7 cm³/mol. The van der Waals surface area contributed by atoms with E-state index in [4.69, 9.17) is 0 Å². The van der Waals surface area contributed by atoms with Crippen molar-refractivity contribution in [2.75, 3.05) is 13.1 Å². The summed E-state index contributed by atoms with van der Waals surface area (Å²) in [7, 11) is 0. The lowest BCUT2D eigenvalue weighted by molar-refractivity contribution is 0.258. The van der Waals surface area contributed by atoms with Crippen molar-refractivity contribution >= 4 is 0 Å². The summed E-state index contributed by atoms with van der Waals surface area (Å²) in [5.41, 5.74) is 0. The molecule has 0 radical (unpaired) electrons. The average Bonchev–Trinajstić information content (AvgIpc) is 3.00. The lowest BCUT2D eigenvalue weighted by Gasteiger charge is -2.27. The van der Waals surface area contributed by atoms with Gasteiger partial charge in [-0.2, -0.15) is 0 Å². The minimum absolute atomic E-state index is 0.792. The normalized spacial score (nSPS) is 24.2. The van der Waals surface area contributed by atoms with Crippen LogP contribution in [0.2, 0.25) is 0 Å². The number of nitrogens with one attached hydrogen (secondary N) is 1. The third kappa shape index (κ3) is 4.57. The molecular weight excluding hydrogens is 218 g/mol. The molecule has 0 heterocycles. The molecule has 0 aromatic heterocycles. The Morgan fingerprint density at radius 1 is 0.889 bits per heavy atom. The summed E-state index contributed by atoms with van der Waals surface area (Å²) in [6.07, 6.45) is 13.6. The summed E-state index contributed by atoms with van der Waals surface area (Å²) < 4.78 is 0. The van der Waals surface area contributed by atoms with Crippen LogP contribution in [0.3, 0.4) is 0 Å². The van der Waals surface area contributed by atoms with Gasteiger partial charge >= 0.3 is 0 Å². The first-order chi connectivity index (χ1) is 8.75. The van der Waals surface area contributed by atoms with E-state index in [9.17, 15) is 0 Å². The van der Waals surface area contributed by atoms with Crippen LogP contribution in [-0.4, -0.2) is 13.1 Å². The van der Waals surface area contributed by atoms with E-state index in [-0.39, 0.29) is 0 Å². The Morgan fingerprint density at radius 2 is 1.50 bits per heavy atom. The molecule has 0 aliphatic heterocycles. The van der Waals surface area contributed by atoms with Gasteiger partial charge in [0.2, 0.25) is 0 Å². The van der Waals surface area contributed by atoms with Crippen LogP contribution in [-0.2, 0) is 0 Å². The highest BCUT2D eigenvalue weighted by atomic mass is 14.9.